The molecule has 0 aliphatic carbocycles. The highest BCUT2D eigenvalue weighted by molar-refractivity contribution is 5.82. The molecule has 4 aliphatic rings. The zero-order valence-electron chi connectivity index (χ0n) is 24.0. The summed E-state index contributed by atoms with van der Waals surface area (Å²) in [7, 11) is 0. The summed E-state index contributed by atoms with van der Waals surface area (Å²) < 4.78 is 27.3. The van der Waals surface area contributed by atoms with Crippen molar-refractivity contribution in [3.8, 4) is 23.0 Å². The fourth-order valence-electron chi connectivity index (χ4n) is 5.53. The first-order chi connectivity index (χ1) is 21.4. The molecule has 7 rings (SSSR count). The average molecular weight is 603 g/mol. The molecule has 0 aromatic heterocycles. The molecule has 2 saturated heterocycles. The number of hydrogen-bond acceptors (Lipinski definition) is 9. The van der Waals surface area contributed by atoms with E-state index in [1.807, 2.05) is 66.7 Å². The summed E-state index contributed by atoms with van der Waals surface area (Å²) in [5.41, 5.74) is 8.63. The fraction of sp³-hybridized carbons (Fsp3) is 0.344. The zero-order chi connectivity index (χ0) is 30.5. The quantitative estimate of drug-likeness (QED) is 0.344. The molecule has 12 nitrogen and oxygen atoms in total. The Balaban J connectivity index is 0.000000173. The minimum atomic E-state index is -0.553. The van der Waals surface area contributed by atoms with E-state index in [-0.39, 0.29) is 43.0 Å². The molecule has 3 amide bonds. The van der Waals surface area contributed by atoms with E-state index >= 15 is 0 Å². The number of alkyl carbamates (subject to hydrolysis) is 1. The second kappa shape index (κ2) is 13.1. The molecule has 44 heavy (non-hydrogen) atoms. The Bertz CT molecular complexity index is 1520. The van der Waals surface area contributed by atoms with Crippen molar-refractivity contribution in [2.24, 2.45) is 5.73 Å². The van der Waals surface area contributed by atoms with Gasteiger partial charge in [0.1, 0.15) is 33.0 Å². The van der Waals surface area contributed by atoms with E-state index in [1.165, 1.54) is 0 Å². The van der Waals surface area contributed by atoms with Crippen LogP contribution in [0.15, 0.2) is 66.7 Å². The van der Waals surface area contributed by atoms with Gasteiger partial charge in [0.15, 0.2) is 23.0 Å². The number of fused-ring (bicyclic) bond motifs is 2. The van der Waals surface area contributed by atoms with Gasteiger partial charge in [-0.25, -0.2) is 4.79 Å². The molecule has 0 saturated carbocycles. The number of hydrogen-bond donors (Lipinski definition) is 4. The van der Waals surface area contributed by atoms with Crippen LogP contribution in [0.2, 0.25) is 0 Å². The predicted octanol–water partition coefficient (Wildman–Crippen LogP) is 2.66. The average Bonchev–Trinajstić information content (AvgIpc) is 3.59. The van der Waals surface area contributed by atoms with Crippen molar-refractivity contribution < 1.29 is 38.1 Å². The highest BCUT2D eigenvalue weighted by Gasteiger charge is 2.36. The molecule has 2 unspecified atom stereocenters. The standard InChI is InChI=1S/C20H20N2O5.C12H14N2O3/c23-18-11-15(21-20(24)27-12-13-4-2-1-3-5-13)19(22-18)14-6-7-16-17(10-14)26-9-8-25-16;13-8-6-11(15)14-12(8)7-1-2-9-10(5-7)17-4-3-16-9/h1-7,10,15,19H,8-9,11-12H2,(H,21,24)(H,22,23);1-2,5,8,12H,3-4,6,13H2,(H,14,15)/t15-,19?;8-,12?/m00/s1. The number of nitrogens with one attached hydrogen (secondary N) is 3. The van der Waals surface area contributed by atoms with Crippen LogP contribution < -0.4 is 40.6 Å². The molecule has 0 radical (unpaired) electrons. The fourth-order valence-corrected chi connectivity index (χ4v) is 5.53. The van der Waals surface area contributed by atoms with E-state index in [2.05, 4.69) is 16.0 Å². The van der Waals surface area contributed by atoms with Gasteiger partial charge < -0.3 is 45.4 Å². The number of amides is 3. The van der Waals surface area contributed by atoms with Gasteiger partial charge in [0.05, 0.1) is 18.1 Å². The topological polar surface area (TPSA) is 159 Å². The normalized spacial score (nSPS) is 23.0. The van der Waals surface area contributed by atoms with E-state index in [0.717, 1.165) is 28.2 Å². The lowest BCUT2D eigenvalue weighted by atomic mass is 10.0. The van der Waals surface area contributed by atoms with Gasteiger partial charge in [-0.1, -0.05) is 42.5 Å². The van der Waals surface area contributed by atoms with E-state index in [4.69, 9.17) is 29.4 Å². The molecule has 12 heteroatoms. The third-order valence-electron chi connectivity index (χ3n) is 7.66. The molecule has 4 aliphatic heterocycles. The molecule has 4 atom stereocenters. The maximum atomic E-state index is 12.2. The lowest BCUT2D eigenvalue weighted by Gasteiger charge is -2.23. The summed E-state index contributed by atoms with van der Waals surface area (Å²) in [6, 6.07) is 19.6. The van der Waals surface area contributed by atoms with Crippen LogP contribution in [-0.2, 0) is 20.9 Å². The highest BCUT2D eigenvalue weighted by atomic mass is 16.6. The second-order valence-corrected chi connectivity index (χ2v) is 10.8. The Hall–Kier alpha value is -4.97. The summed E-state index contributed by atoms with van der Waals surface area (Å²) >= 11 is 0. The first-order valence-corrected chi connectivity index (χ1v) is 14.5. The van der Waals surface area contributed by atoms with Crippen LogP contribution >= 0.6 is 0 Å². The van der Waals surface area contributed by atoms with Crippen molar-refractivity contribution in [3.05, 3.63) is 83.4 Å². The van der Waals surface area contributed by atoms with Crippen LogP contribution in [0.4, 0.5) is 4.79 Å². The summed E-state index contributed by atoms with van der Waals surface area (Å²) in [5.74, 6) is 2.67. The Morgan fingerprint density at radius 1 is 0.750 bits per heavy atom. The van der Waals surface area contributed by atoms with Crippen LogP contribution in [0.5, 0.6) is 23.0 Å². The van der Waals surface area contributed by atoms with E-state index in [9.17, 15) is 14.4 Å². The van der Waals surface area contributed by atoms with Crippen molar-refractivity contribution in [3.63, 3.8) is 0 Å². The van der Waals surface area contributed by atoms with Gasteiger partial charge in [-0.3, -0.25) is 9.59 Å². The van der Waals surface area contributed by atoms with Crippen molar-refractivity contribution in [2.45, 2.75) is 43.6 Å². The molecular weight excluding hydrogens is 568 g/mol. The largest absolute Gasteiger partial charge is 0.486 e. The summed E-state index contributed by atoms with van der Waals surface area (Å²) in [4.78, 5) is 35.4. The smallest absolute Gasteiger partial charge is 0.407 e. The molecule has 4 heterocycles. The molecule has 3 aromatic carbocycles. The summed E-state index contributed by atoms with van der Waals surface area (Å²) in [6.07, 6.45) is 0.0152. The van der Waals surface area contributed by atoms with Crippen LogP contribution in [0.3, 0.4) is 0 Å². The predicted molar refractivity (Wildman–Crippen MR) is 157 cm³/mol. The monoisotopic (exact) mass is 602 g/mol. The van der Waals surface area contributed by atoms with Crippen molar-refractivity contribution in [1.82, 2.24) is 16.0 Å². The first kappa shape index (κ1) is 29.1. The number of ether oxygens (including phenoxy) is 5. The third-order valence-corrected chi connectivity index (χ3v) is 7.66. The maximum Gasteiger partial charge on any atom is 0.407 e. The lowest BCUT2D eigenvalue weighted by molar-refractivity contribution is -0.120. The van der Waals surface area contributed by atoms with Crippen LogP contribution in [-0.4, -0.2) is 56.4 Å². The minimum Gasteiger partial charge on any atom is -0.486 e. The first-order valence-electron chi connectivity index (χ1n) is 14.5. The van der Waals surface area contributed by atoms with Gasteiger partial charge in [-0.05, 0) is 41.0 Å². The van der Waals surface area contributed by atoms with Crippen molar-refractivity contribution in [2.75, 3.05) is 26.4 Å². The molecule has 3 aromatic rings. The van der Waals surface area contributed by atoms with Gasteiger partial charge in [0.2, 0.25) is 11.8 Å². The van der Waals surface area contributed by atoms with Crippen molar-refractivity contribution >= 4 is 17.9 Å². The van der Waals surface area contributed by atoms with E-state index < -0.39 is 12.1 Å². The highest BCUT2D eigenvalue weighted by Crippen LogP contribution is 2.36. The van der Waals surface area contributed by atoms with Crippen LogP contribution in [0.1, 0.15) is 41.6 Å². The minimum absolute atomic E-state index is 0.00242. The van der Waals surface area contributed by atoms with Crippen LogP contribution in [0, 0.1) is 0 Å². The van der Waals surface area contributed by atoms with Gasteiger partial charge in [0.25, 0.3) is 0 Å². The summed E-state index contributed by atoms with van der Waals surface area (Å²) in [6.45, 7) is 2.31. The number of carbonyl (C=O) groups is 3. The van der Waals surface area contributed by atoms with Gasteiger partial charge >= 0.3 is 6.09 Å². The van der Waals surface area contributed by atoms with Gasteiger partial charge in [-0.15, -0.1) is 0 Å². The van der Waals surface area contributed by atoms with Gasteiger partial charge in [0, 0.05) is 18.9 Å². The van der Waals surface area contributed by atoms with E-state index in [1.54, 1.807) is 0 Å². The third kappa shape index (κ3) is 6.81. The number of nitrogens with two attached hydrogens (primary N) is 1. The molecule has 2 fully saturated rings. The number of carbonyl (C=O) groups excluding carboxylic acids is 3. The number of benzene rings is 3. The molecule has 5 N–H and O–H groups in total. The Labute approximate surface area is 254 Å². The molecule has 0 bridgehead atoms. The Morgan fingerprint density at radius 2 is 1.30 bits per heavy atom. The summed E-state index contributed by atoms with van der Waals surface area (Å²) in [5, 5.41) is 8.56. The second-order valence-electron chi connectivity index (χ2n) is 10.8. The van der Waals surface area contributed by atoms with Crippen LogP contribution in [0.25, 0.3) is 0 Å². The lowest BCUT2D eigenvalue weighted by Crippen LogP contribution is -2.38. The van der Waals surface area contributed by atoms with E-state index in [0.29, 0.717) is 44.3 Å². The SMILES string of the molecule is N[C@H]1CC(=O)NC1c1ccc2c(c1)OCCO2.O=C1C[C@H](NC(=O)OCc2ccccc2)C(c2ccc3c(c2)OCCO3)N1. The number of rotatable bonds is 5. The molecule has 0 spiro atoms. The van der Waals surface area contributed by atoms with Crippen molar-refractivity contribution in [1.29, 1.82) is 0 Å². The molecule has 230 valence electrons. The Kier molecular flexibility index (Phi) is 8.69. The zero-order valence-corrected chi connectivity index (χ0v) is 24.0. The Morgan fingerprint density at radius 3 is 1.89 bits per heavy atom. The van der Waals surface area contributed by atoms with Gasteiger partial charge in [-0.2, -0.15) is 0 Å². The maximum absolute atomic E-state index is 12.2. The molecular formula is C32H34N4O8.